The molecule has 1 aromatic rings. The van der Waals surface area contributed by atoms with Gasteiger partial charge in [0, 0.05) is 31.3 Å². The van der Waals surface area contributed by atoms with E-state index in [2.05, 4.69) is 37.8 Å². The van der Waals surface area contributed by atoms with Crippen LogP contribution in [-0.4, -0.2) is 18.7 Å². The Morgan fingerprint density at radius 3 is 2.59 bits per heavy atom. The van der Waals surface area contributed by atoms with E-state index < -0.39 is 0 Å². The maximum atomic E-state index is 6.02. The second-order valence-corrected chi connectivity index (χ2v) is 5.98. The van der Waals surface area contributed by atoms with Gasteiger partial charge in [0.1, 0.15) is 11.4 Å². The van der Waals surface area contributed by atoms with Gasteiger partial charge in [-0.3, -0.25) is 0 Å². The highest BCUT2D eigenvalue weighted by Crippen LogP contribution is 2.39. The normalized spacial score (nSPS) is 21.5. The molecular formula is C15H21NO. The predicted octanol–water partition coefficient (Wildman–Crippen LogP) is 3.31. The van der Waals surface area contributed by atoms with E-state index >= 15 is 0 Å². The third kappa shape index (κ3) is 1.90. The van der Waals surface area contributed by atoms with Crippen LogP contribution in [0.1, 0.15) is 37.8 Å². The van der Waals surface area contributed by atoms with Crippen LogP contribution in [0.15, 0.2) is 12.1 Å². The summed E-state index contributed by atoms with van der Waals surface area (Å²) < 4.78 is 6.02. The van der Waals surface area contributed by atoms with E-state index in [-0.39, 0.29) is 5.60 Å². The number of nitrogens with zero attached hydrogens (tertiary/aromatic N) is 1. The molecule has 0 N–H and O–H groups in total. The summed E-state index contributed by atoms with van der Waals surface area (Å²) in [6, 6.07) is 4.57. The molecule has 0 aromatic heterocycles. The monoisotopic (exact) mass is 231 g/mol. The van der Waals surface area contributed by atoms with E-state index in [1.165, 1.54) is 42.7 Å². The molecule has 1 fully saturated rings. The number of rotatable bonds is 1. The van der Waals surface area contributed by atoms with Crippen LogP contribution in [0.3, 0.4) is 0 Å². The Hall–Kier alpha value is -1.18. The lowest BCUT2D eigenvalue weighted by molar-refractivity contribution is 0.138. The molecule has 0 saturated carbocycles. The van der Waals surface area contributed by atoms with Crippen LogP contribution in [0.5, 0.6) is 5.75 Å². The van der Waals surface area contributed by atoms with Gasteiger partial charge in [0.15, 0.2) is 0 Å². The van der Waals surface area contributed by atoms with Crippen LogP contribution in [0, 0.1) is 6.92 Å². The lowest BCUT2D eigenvalue weighted by Gasteiger charge is -2.21. The molecule has 0 atom stereocenters. The third-order valence-electron chi connectivity index (χ3n) is 3.83. The van der Waals surface area contributed by atoms with E-state index in [1.807, 2.05) is 0 Å². The Balaban J connectivity index is 1.97. The minimum Gasteiger partial charge on any atom is -0.487 e. The fraction of sp³-hybridized carbons (Fsp3) is 0.600. The summed E-state index contributed by atoms with van der Waals surface area (Å²) in [6.45, 7) is 8.95. The van der Waals surface area contributed by atoms with Crippen molar-refractivity contribution in [1.29, 1.82) is 0 Å². The van der Waals surface area contributed by atoms with E-state index in [1.54, 1.807) is 0 Å². The molecule has 3 rings (SSSR count). The predicted molar refractivity (Wildman–Crippen MR) is 71.0 cm³/mol. The zero-order valence-corrected chi connectivity index (χ0v) is 11.0. The van der Waals surface area contributed by atoms with Gasteiger partial charge < -0.3 is 9.64 Å². The first-order valence-corrected chi connectivity index (χ1v) is 6.63. The Morgan fingerprint density at radius 2 is 1.88 bits per heavy atom. The molecule has 0 unspecified atom stereocenters. The largest absolute Gasteiger partial charge is 0.487 e. The van der Waals surface area contributed by atoms with Gasteiger partial charge in [0.05, 0.1) is 0 Å². The topological polar surface area (TPSA) is 12.5 Å². The van der Waals surface area contributed by atoms with E-state index in [0.717, 1.165) is 12.2 Å². The highest BCUT2D eigenvalue weighted by molar-refractivity contribution is 5.61. The number of anilines is 1. The lowest BCUT2D eigenvalue weighted by atomic mass is 9.99. The van der Waals surface area contributed by atoms with Crippen LogP contribution in [0.2, 0.25) is 0 Å². The zero-order chi connectivity index (χ0) is 12.0. The van der Waals surface area contributed by atoms with E-state index in [4.69, 9.17) is 4.74 Å². The average molecular weight is 231 g/mol. The summed E-state index contributed by atoms with van der Waals surface area (Å²) in [6.07, 6.45) is 3.68. The highest BCUT2D eigenvalue weighted by Gasteiger charge is 2.31. The number of hydrogen-bond donors (Lipinski definition) is 0. The summed E-state index contributed by atoms with van der Waals surface area (Å²) >= 11 is 0. The van der Waals surface area contributed by atoms with Gasteiger partial charge in [0.25, 0.3) is 0 Å². The molecule has 2 aliphatic rings. The van der Waals surface area contributed by atoms with Crippen molar-refractivity contribution >= 4 is 5.69 Å². The minimum atomic E-state index is -0.0294. The molecule has 1 saturated heterocycles. The Morgan fingerprint density at radius 1 is 1.18 bits per heavy atom. The van der Waals surface area contributed by atoms with Crippen LogP contribution < -0.4 is 9.64 Å². The molecule has 92 valence electrons. The molecule has 2 aliphatic heterocycles. The van der Waals surface area contributed by atoms with Gasteiger partial charge in [-0.15, -0.1) is 0 Å². The number of hydrogen-bond acceptors (Lipinski definition) is 2. The molecule has 2 heterocycles. The summed E-state index contributed by atoms with van der Waals surface area (Å²) in [5.74, 6) is 1.10. The van der Waals surface area contributed by atoms with Crippen LogP contribution >= 0.6 is 0 Å². The van der Waals surface area contributed by atoms with Gasteiger partial charge in [-0.05, 0) is 44.7 Å². The van der Waals surface area contributed by atoms with Gasteiger partial charge in [-0.1, -0.05) is 6.07 Å². The first-order chi connectivity index (χ1) is 8.05. The van der Waals surface area contributed by atoms with Crippen molar-refractivity contribution in [3.05, 3.63) is 23.3 Å². The standard InChI is InChI=1S/C15H21NO/c1-11-8-12-10-15(2,3)17-14(12)9-13(11)16-6-4-5-7-16/h8-9H,4-7,10H2,1-3H3. The number of aryl methyl sites for hydroxylation is 1. The SMILES string of the molecule is Cc1cc2c(cc1N1CCCC1)OC(C)(C)C2. The van der Waals surface area contributed by atoms with Crippen molar-refractivity contribution in [3.8, 4) is 5.75 Å². The molecule has 1 aromatic carbocycles. The van der Waals surface area contributed by atoms with E-state index in [9.17, 15) is 0 Å². The van der Waals surface area contributed by atoms with Crippen molar-refractivity contribution < 1.29 is 4.74 Å². The van der Waals surface area contributed by atoms with Gasteiger partial charge in [-0.25, -0.2) is 0 Å². The molecule has 0 aliphatic carbocycles. The van der Waals surface area contributed by atoms with Crippen LogP contribution in [0.25, 0.3) is 0 Å². The molecule has 0 radical (unpaired) electrons. The fourth-order valence-corrected chi connectivity index (χ4v) is 3.06. The molecule has 0 amide bonds. The second kappa shape index (κ2) is 3.66. The number of benzene rings is 1. The van der Waals surface area contributed by atoms with Crippen molar-refractivity contribution in [2.24, 2.45) is 0 Å². The summed E-state index contributed by atoms with van der Waals surface area (Å²) in [5.41, 5.74) is 4.11. The molecule has 17 heavy (non-hydrogen) atoms. The Bertz CT molecular complexity index is 444. The molecule has 0 bridgehead atoms. The minimum absolute atomic E-state index is 0.0294. The van der Waals surface area contributed by atoms with E-state index in [0.29, 0.717) is 0 Å². The average Bonchev–Trinajstić information content (AvgIpc) is 2.81. The summed E-state index contributed by atoms with van der Waals surface area (Å²) in [7, 11) is 0. The first-order valence-electron chi connectivity index (χ1n) is 6.63. The highest BCUT2D eigenvalue weighted by atomic mass is 16.5. The van der Waals surface area contributed by atoms with Gasteiger partial charge >= 0.3 is 0 Å². The summed E-state index contributed by atoms with van der Waals surface area (Å²) in [4.78, 5) is 2.49. The summed E-state index contributed by atoms with van der Waals surface area (Å²) in [5, 5.41) is 0. The molecule has 2 nitrogen and oxygen atoms in total. The van der Waals surface area contributed by atoms with Crippen LogP contribution in [-0.2, 0) is 6.42 Å². The first kappa shape index (κ1) is 10.9. The quantitative estimate of drug-likeness (QED) is 0.735. The lowest BCUT2D eigenvalue weighted by Crippen LogP contribution is -2.24. The van der Waals surface area contributed by atoms with Gasteiger partial charge in [-0.2, -0.15) is 0 Å². The molecule has 0 spiro atoms. The number of ether oxygens (including phenoxy) is 1. The smallest absolute Gasteiger partial charge is 0.125 e. The van der Waals surface area contributed by atoms with Crippen molar-refractivity contribution in [1.82, 2.24) is 0 Å². The fourth-order valence-electron chi connectivity index (χ4n) is 3.06. The van der Waals surface area contributed by atoms with Gasteiger partial charge in [0.2, 0.25) is 0 Å². The van der Waals surface area contributed by atoms with Crippen molar-refractivity contribution in [3.63, 3.8) is 0 Å². The third-order valence-corrected chi connectivity index (χ3v) is 3.83. The Kier molecular flexibility index (Phi) is 2.35. The van der Waals surface area contributed by atoms with Crippen molar-refractivity contribution in [2.75, 3.05) is 18.0 Å². The zero-order valence-electron chi connectivity index (χ0n) is 11.0. The maximum Gasteiger partial charge on any atom is 0.125 e. The van der Waals surface area contributed by atoms with Crippen LogP contribution in [0.4, 0.5) is 5.69 Å². The molecule has 2 heteroatoms. The Labute approximate surface area is 104 Å². The maximum absolute atomic E-state index is 6.02. The number of fused-ring (bicyclic) bond motifs is 1. The van der Waals surface area contributed by atoms with Crippen molar-refractivity contribution in [2.45, 2.75) is 45.6 Å². The molecular weight excluding hydrogens is 210 g/mol. The second-order valence-electron chi connectivity index (χ2n) is 5.98.